The molecule has 0 aromatic heterocycles. The summed E-state index contributed by atoms with van der Waals surface area (Å²) in [6.45, 7) is 0.208. The molecule has 0 radical (unpaired) electrons. The van der Waals surface area contributed by atoms with Crippen LogP contribution in [0.15, 0.2) is 48.5 Å². The number of hydrazine groups is 1. The minimum Gasteiger partial charge on any atom is -0.336 e. The normalized spacial score (nSPS) is 10.0. The topological polar surface area (TPSA) is 70.2 Å². The van der Waals surface area contributed by atoms with Crippen molar-refractivity contribution in [1.82, 2.24) is 16.2 Å². The van der Waals surface area contributed by atoms with Crippen molar-refractivity contribution in [3.8, 4) is 0 Å². The molecular formula is C16H15F2N3O2. The molecule has 5 nitrogen and oxygen atoms in total. The van der Waals surface area contributed by atoms with Crippen molar-refractivity contribution in [3.63, 3.8) is 0 Å². The molecule has 3 amide bonds. The highest BCUT2D eigenvalue weighted by Gasteiger charge is 2.07. The van der Waals surface area contributed by atoms with E-state index in [1.165, 1.54) is 18.2 Å². The summed E-state index contributed by atoms with van der Waals surface area (Å²) in [6, 6.07) is 10.5. The Kier molecular flexibility index (Phi) is 5.62. The number of hydrogen-bond acceptors (Lipinski definition) is 2. The molecule has 0 aliphatic carbocycles. The second-order valence-electron chi connectivity index (χ2n) is 4.68. The van der Waals surface area contributed by atoms with Gasteiger partial charge in [0.1, 0.15) is 11.6 Å². The zero-order valence-electron chi connectivity index (χ0n) is 12.1. The zero-order chi connectivity index (χ0) is 16.7. The first-order valence-corrected chi connectivity index (χ1v) is 6.89. The number of halogens is 2. The molecule has 0 heterocycles. The van der Waals surface area contributed by atoms with E-state index in [2.05, 4.69) is 16.2 Å². The molecule has 2 aromatic rings. The van der Waals surface area contributed by atoms with Crippen molar-refractivity contribution in [1.29, 1.82) is 0 Å². The molecule has 2 rings (SSSR count). The van der Waals surface area contributed by atoms with E-state index >= 15 is 0 Å². The Morgan fingerprint density at radius 1 is 0.913 bits per heavy atom. The van der Waals surface area contributed by atoms with Gasteiger partial charge in [0.05, 0.1) is 0 Å². The molecule has 23 heavy (non-hydrogen) atoms. The second kappa shape index (κ2) is 7.88. The molecule has 0 unspecified atom stereocenters. The van der Waals surface area contributed by atoms with Crippen LogP contribution in [0.2, 0.25) is 0 Å². The fourth-order valence-electron chi connectivity index (χ4n) is 1.84. The number of carbonyl (C=O) groups is 2. The van der Waals surface area contributed by atoms with Crippen molar-refractivity contribution >= 4 is 11.9 Å². The summed E-state index contributed by atoms with van der Waals surface area (Å²) in [5.41, 5.74) is 5.04. The van der Waals surface area contributed by atoms with Gasteiger partial charge in [-0.3, -0.25) is 10.2 Å². The van der Waals surface area contributed by atoms with Crippen molar-refractivity contribution in [3.05, 3.63) is 71.3 Å². The van der Waals surface area contributed by atoms with Gasteiger partial charge in [-0.1, -0.05) is 18.2 Å². The van der Waals surface area contributed by atoms with Crippen LogP contribution in [0.3, 0.4) is 0 Å². The van der Waals surface area contributed by atoms with Crippen LogP contribution in [0.4, 0.5) is 13.6 Å². The van der Waals surface area contributed by atoms with Crippen LogP contribution in [-0.2, 0) is 6.42 Å². The lowest BCUT2D eigenvalue weighted by Crippen LogP contribution is -2.47. The summed E-state index contributed by atoms with van der Waals surface area (Å²) < 4.78 is 26.1. The molecule has 0 bridgehead atoms. The van der Waals surface area contributed by atoms with Crippen LogP contribution in [0.1, 0.15) is 15.9 Å². The molecule has 0 aliphatic rings. The summed E-state index contributed by atoms with van der Waals surface area (Å²) in [4.78, 5) is 23.2. The van der Waals surface area contributed by atoms with Crippen LogP contribution in [0.25, 0.3) is 0 Å². The van der Waals surface area contributed by atoms with Gasteiger partial charge in [0.25, 0.3) is 5.91 Å². The number of carbonyl (C=O) groups excluding carboxylic acids is 2. The number of hydrogen-bond donors (Lipinski definition) is 3. The predicted molar refractivity (Wildman–Crippen MR) is 80.5 cm³/mol. The summed E-state index contributed by atoms with van der Waals surface area (Å²) in [5, 5.41) is 2.48. The van der Waals surface area contributed by atoms with Gasteiger partial charge < -0.3 is 5.32 Å². The minimum absolute atomic E-state index is 0.207. The molecule has 0 atom stereocenters. The van der Waals surface area contributed by atoms with E-state index in [1.54, 1.807) is 18.2 Å². The Morgan fingerprint density at radius 2 is 1.61 bits per heavy atom. The van der Waals surface area contributed by atoms with Crippen molar-refractivity contribution in [2.45, 2.75) is 6.42 Å². The lowest BCUT2D eigenvalue weighted by atomic mass is 10.1. The maximum atomic E-state index is 13.4. The van der Waals surface area contributed by atoms with E-state index in [0.29, 0.717) is 12.0 Å². The third-order valence-electron chi connectivity index (χ3n) is 3.03. The van der Waals surface area contributed by atoms with Gasteiger partial charge in [0.15, 0.2) is 0 Å². The van der Waals surface area contributed by atoms with E-state index in [-0.39, 0.29) is 17.9 Å². The lowest BCUT2D eigenvalue weighted by molar-refractivity contribution is 0.0936. The van der Waals surface area contributed by atoms with Crippen molar-refractivity contribution < 1.29 is 18.4 Å². The fourth-order valence-corrected chi connectivity index (χ4v) is 1.84. The highest BCUT2D eigenvalue weighted by molar-refractivity contribution is 5.95. The van der Waals surface area contributed by atoms with Gasteiger partial charge in [0.2, 0.25) is 0 Å². The summed E-state index contributed by atoms with van der Waals surface area (Å²) in [5.74, 6) is -1.37. The molecule has 7 heteroatoms. The van der Waals surface area contributed by atoms with Crippen molar-refractivity contribution in [2.24, 2.45) is 0 Å². The number of rotatable bonds is 4. The fraction of sp³-hybridized carbons (Fsp3) is 0.125. The lowest BCUT2D eigenvalue weighted by Gasteiger charge is -2.09. The zero-order valence-corrected chi connectivity index (χ0v) is 12.1. The number of benzene rings is 2. The molecule has 0 saturated heterocycles. The average molecular weight is 319 g/mol. The Hall–Kier alpha value is -2.96. The van der Waals surface area contributed by atoms with Gasteiger partial charge in [0, 0.05) is 12.1 Å². The van der Waals surface area contributed by atoms with Gasteiger partial charge in [-0.25, -0.2) is 19.0 Å². The first kappa shape index (κ1) is 16.4. The van der Waals surface area contributed by atoms with E-state index in [4.69, 9.17) is 0 Å². The summed E-state index contributed by atoms with van der Waals surface area (Å²) in [7, 11) is 0. The van der Waals surface area contributed by atoms with Gasteiger partial charge in [-0.2, -0.15) is 0 Å². The number of nitrogens with one attached hydrogen (secondary N) is 3. The maximum absolute atomic E-state index is 13.4. The Morgan fingerprint density at radius 3 is 2.30 bits per heavy atom. The molecule has 0 saturated carbocycles. The van der Waals surface area contributed by atoms with Crippen molar-refractivity contribution in [2.75, 3.05) is 6.54 Å². The first-order valence-electron chi connectivity index (χ1n) is 6.89. The van der Waals surface area contributed by atoms with Crippen LogP contribution in [0.5, 0.6) is 0 Å². The van der Waals surface area contributed by atoms with E-state index in [0.717, 1.165) is 12.1 Å². The highest BCUT2D eigenvalue weighted by atomic mass is 19.1. The van der Waals surface area contributed by atoms with E-state index in [9.17, 15) is 18.4 Å². The molecule has 2 aromatic carbocycles. The molecular weight excluding hydrogens is 304 g/mol. The average Bonchev–Trinajstić information content (AvgIpc) is 2.55. The largest absolute Gasteiger partial charge is 0.336 e. The first-order chi connectivity index (χ1) is 11.1. The second-order valence-corrected chi connectivity index (χ2v) is 4.68. The number of urea groups is 1. The summed E-state index contributed by atoms with van der Waals surface area (Å²) >= 11 is 0. The summed E-state index contributed by atoms with van der Waals surface area (Å²) in [6.07, 6.45) is 0.325. The van der Waals surface area contributed by atoms with Gasteiger partial charge >= 0.3 is 6.03 Å². The Balaban J connectivity index is 1.72. The molecule has 0 aliphatic heterocycles. The standard InChI is InChI=1S/C16H15F2N3O2/c17-13-7-5-12(6-8-13)15(22)20-21-16(23)19-10-9-11-3-1-2-4-14(11)18/h1-8H,9-10H2,(H,20,22)(H2,19,21,23). The minimum atomic E-state index is -0.628. The third-order valence-corrected chi connectivity index (χ3v) is 3.03. The van der Waals surface area contributed by atoms with E-state index in [1.807, 2.05) is 0 Å². The Labute approximate surface area is 131 Å². The molecule has 0 spiro atoms. The van der Waals surface area contributed by atoms with Gasteiger partial charge in [-0.15, -0.1) is 0 Å². The predicted octanol–water partition coefficient (Wildman–Crippen LogP) is 2.15. The van der Waals surface area contributed by atoms with Gasteiger partial charge in [-0.05, 0) is 42.3 Å². The monoisotopic (exact) mass is 319 g/mol. The van der Waals surface area contributed by atoms with Crippen LogP contribution >= 0.6 is 0 Å². The van der Waals surface area contributed by atoms with Crippen LogP contribution in [0, 0.1) is 11.6 Å². The number of amides is 3. The third kappa shape index (κ3) is 5.06. The maximum Gasteiger partial charge on any atom is 0.333 e. The highest BCUT2D eigenvalue weighted by Crippen LogP contribution is 2.06. The van der Waals surface area contributed by atoms with Crippen LogP contribution in [-0.4, -0.2) is 18.5 Å². The van der Waals surface area contributed by atoms with E-state index < -0.39 is 17.8 Å². The quantitative estimate of drug-likeness (QED) is 0.756. The van der Waals surface area contributed by atoms with Crippen LogP contribution < -0.4 is 16.2 Å². The Bertz CT molecular complexity index is 690. The molecule has 3 N–H and O–H groups in total. The smallest absolute Gasteiger partial charge is 0.333 e. The SMILES string of the molecule is O=C(NCCc1ccccc1F)NNC(=O)c1ccc(F)cc1. The molecule has 0 fully saturated rings. The molecule has 120 valence electrons.